The maximum Gasteiger partial charge on any atom is 0.189 e. The monoisotopic (exact) mass is 338 g/mol. The van der Waals surface area contributed by atoms with Crippen LogP contribution in [0.5, 0.6) is 0 Å². The lowest BCUT2D eigenvalue weighted by atomic mass is 9.96. The van der Waals surface area contributed by atoms with Crippen molar-refractivity contribution in [1.29, 1.82) is 0 Å². The van der Waals surface area contributed by atoms with Crippen molar-refractivity contribution in [3.8, 4) is 0 Å². The van der Waals surface area contributed by atoms with E-state index in [0.29, 0.717) is 12.8 Å². The van der Waals surface area contributed by atoms with Crippen LogP contribution in [0.15, 0.2) is 0 Å². The van der Waals surface area contributed by atoms with Gasteiger partial charge >= 0.3 is 0 Å². The van der Waals surface area contributed by atoms with Gasteiger partial charge in [0.05, 0.1) is 12.2 Å². The summed E-state index contributed by atoms with van der Waals surface area (Å²) in [4.78, 5) is 0. The van der Waals surface area contributed by atoms with Crippen LogP contribution in [0.2, 0.25) is 0 Å². The highest BCUT2D eigenvalue weighted by molar-refractivity contribution is 4.91. The van der Waals surface area contributed by atoms with Crippen LogP contribution in [0.3, 0.4) is 0 Å². The molecule has 0 aromatic carbocycles. The molecule has 2 heterocycles. The minimum Gasteiger partial charge on any atom is -0.388 e. The zero-order chi connectivity index (χ0) is 17.3. The third-order valence-corrected chi connectivity index (χ3v) is 4.41. The average Bonchev–Trinajstić information content (AvgIpc) is 2.55. The Morgan fingerprint density at radius 3 is 1.26 bits per heavy atom. The molecule has 9 heteroatoms. The van der Waals surface area contributed by atoms with E-state index in [0.717, 1.165) is 0 Å². The minimum atomic E-state index is -1.55. The van der Waals surface area contributed by atoms with Crippen molar-refractivity contribution in [2.45, 2.75) is 88.1 Å². The first-order valence-corrected chi connectivity index (χ1v) is 7.86. The summed E-state index contributed by atoms with van der Waals surface area (Å²) < 4.78 is 16.2. The second-order valence-electron chi connectivity index (χ2n) is 5.98. The standard InChI is InChI=1S/C14H26O9/c1-3-5-7(15)9(17)11(19)13(21-5)23-14-12(20)10(18)8(16)6(4-2)22-14/h5-20H,3-4H2,1-2H3. The van der Waals surface area contributed by atoms with E-state index in [-0.39, 0.29) is 0 Å². The molecule has 0 aromatic rings. The van der Waals surface area contributed by atoms with Crippen LogP contribution < -0.4 is 0 Å². The minimum absolute atomic E-state index is 0.373. The molecule has 136 valence electrons. The zero-order valence-corrected chi connectivity index (χ0v) is 13.1. The Balaban J connectivity index is 2.07. The molecule has 0 bridgehead atoms. The molecule has 0 aliphatic carbocycles. The highest BCUT2D eigenvalue weighted by Gasteiger charge is 2.49. The second-order valence-corrected chi connectivity index (χ2v) is 5.98. The molecule has 6 N–H and O–H groups in total. The van der Waals surface area contributed by atoms with Crippen LogP contribution in [0.4, 0.5) is 0 Å². The molecule has 2 fully saturated rings. The van der Waals surface area contributed by atoms with E-state index in [9.17, 15) is 30.6 Å². The van der Waals surface area contributed by atoms with E-state index in [1.165, 1.54) is 0 Å². The van der Waals surface area contributed by atoms with Crippen molar-refractivity contribution in [2.24, 2.45) is 0 Å². The summed E-state index contributed by atoms with van der Waals surface area (Å²) in [6.45, 7) is 3.46. The Morgan fingerprint density at radius 1 is 0.609 bits per heavy atom. The van der Waals surface area contributed by atoms with Gasteiger partial charge in [0.15, 0.2) is 12.6 Å². The van der Waals surface area contributed by atoms with Gasteiger partial charge in [0.25, 0.3) is 0 Å². The molecule has 0 aromatic heterocycles. The van der Waals surface area contributed by atoms with Crippen molar-refractivity contribution in [1.82, 2.24) is 0 Å². The van der Waals surface area contributed by atoms with E-state index in [1.54, 1.807) is 13.8 Å². The third-order valence-electron chi connectivity index (χ3n) is 4.41. The molecule has 10 atom stereocenters. The summed E-state index contributed by atoms with van der Waals surface area (Å²) in [7, 11) is 0. The Kier molecular flexibility index (Phi) is 6.34. The quantitative estimate of drug-likeness (QED) is 0.325. The van der Waals surface area contributed by atoms with Gasteiger partial charge in [-0.05, 0) is 12.8 Å². The van der Waals surface area contributed by atoms with Crippen LogP contribution in [0.25, 0.3) is 0 Å². The van der Waals surface area contributed by atoms with Crippen LogP contribution in [-0.2, 0) is 14.2 Å². The van der Waals surface area contributed by atoms with Gasteiger partial charge in [0.2, 0.25) is 0 Å². The predicted octanol–water partition coefficient (Wildman–Crippen LogP) is -2.56. The summed E-state index contributed by atoms with van der Waals surface area (Å²) >= 11 is 0. The number of ether oxygens (including phenoxy) is 3. The first-order chi connectivity index (χ1) is 10.8. The Labute approximate surface area is 134 Å². The summed E-state index contributed by atoms with van der Waals surface area (Å²) in [5.74, 6) is 0. The van der Waals surface area contributed by atoms with Crippen molar-refractivity contribution in [2.75, 3.05) is 0 Å². The fraction of sp³-hybridized carbons (Fsp3) is 1.00. The van der Waals surface area contributed by atoms with Crippen molar-refractivity contribution in [3.63, 3.8) is 0 Å². The second kappa shape index (κ2) is 7.68. The largest absolute Gasteiger partial charge is 0.388 e. The molecule has 2 aliphatic rings. The molecule has 9 nitrogen and oxygen atoms in total. The zero-order valence-electron chi connectivity index (χ0n) is 13.1. The van der Waals surface area contributed by atoms with Gasteiger partial charge in [-0.1, -0.05) is 13.8 Å². The normalized spacial score (nSPS) is 51.7. The molecule has 2 rings (SSSR count). The van der Waals surface area contributed by atoms with Crippen molar-refractivity contribution >= 4 is 0 Å². The molecule has 23 heavy (non-hydrogen) atoms. The van der Waals surface area contributed by atoms with Crippen LogP contribution in [-0.4, -0.2) is 92.1 Å². The molecule has 0 spiro atoms. The third kappa shape index (κ3) is 3.68. The lowest BCUT2D eigenvalue weighted by Gasteiger charge is -2.44. The lowest BCUT2D eigenvalue weighted by molar-refractivity contribution is -0.373. The van der Waals surface area contributed by atoms with Gasteiger partial charge in [-0.2, -0.15) is 0 Å². The van der Waals surface area contributed by atoms with E-state index in [1.807, 2.05) is 0 Å². The predicted molar refractivity (Wildman–Crippen MR) is 75.0 cm³/mol. The fourth-order valence-corrected chi connectivity index (χ4v) is 2.87. The summed E-state index contributed by atoms with van der Waals surface area (Å²) in [5, 5.41) is 59.2. The van der Waals surface area contributed by atoms with E-state index in [2.05, 4.69) is 0 Å². The summed E-state index contributed by atoms with van der Waals surface area (Å²) in [6.07, 6.45) is -12.0. The van der Waals surface area contributed by atoms with E-state index < -0.39 is 61.4 Å². The number of rotatable bonds is 4. The molecular weight excluding hydrogens is 312 g/mol. The molecule has 2 aliphatic heterocycles. The van der Waals surface area contributed by atoms with E-state index in [4.69, 9.17) is 14.2 Å². The lowest BCUT2D eigenvalue weighted by Crippen LogP contribution is -2.62. The highest BCUT2D eigenvalue weighted by Crippen LogP contribution is 2.29. The van der Waals surface area contributed by atoms with E-state index >= 15 is 0 Å². The maximum atomic E-state index is 9.97. The molecule has 0 radical (unpaired) electrons. The van der Waals surface area contributed by atoms with Gasteiger partial charge in [-0.25, -0.2) is 0 Å². The van der Waals surface area contributed by atoms with Gasteiger partial charge in [-0.15, -0.1) is 0 Å². The van der Waals surface area contributed by atoms with Crippen molar-refractivity contribution in [3.05, 3.63) is 0 Å². The fourth-order valence-electron chi connectivity index (χ4n) is 2.87. The number of aliphatic hydroxyl groups is 6. The summed E-state index contributed by atoms with van der Waals surface area (Å²) in [6, 6.07) is 0. The maximum absolute atomic E-state index is 9.97. The summed E-state index contributed by atoms with van der Waals surface area (Å²) in [5.41, 5.74) is 0. The van der Waals surface area contributed by atoms with Gasteiger partial charge in [-0.3, -0.25) is 0 Å². The number of hydrogen-bond donors (Lipinski definition) is 6. The number of hydrogen-bond acceptors (Lipinski definition) is 9. The van der Waals surface area contributed by atoms with Gasteiger partial charge in [0, 0.05) is 0 Å². The van der Waals surface area contributed by atoms with Gasteiger partial charge < -0.3 is 44.8 Å². The molecule has 2 saturated heterocycles. The van der Waals surface area contributed by atoms with Gasteiger partial charge in [0.1, 0.15) is 36.6 Å². The average molecular weight is 338 g/mol. The first-order valence-electron chi connectivity index (χ1n) is 7.86. The van der Waals surface area contributed by atoms with Crippen LogP contribution in [0, 0.1) is 0 Å². The van der Waals surface area contributed by atoms with Crippen LogP contribution in [0.1, 0.15) is 26.7 Å². The molecule has 0 saturated carbocycles. The Bertz CT molecular complexity index is 343. The Morgan fingerprint density at radius 2 is 0.957 bits per heavy atom. The molecular formula is C14H26O9. The topological polar surface area (TPSA) is 149 Å². The first kappa shape index (κ1) is 19.0. The smallest absolute Gasteiger partial charge is 0.189 e. The SMILES string of the molecule is CCC1OC(OC2OC(CC)C(O)C(O)C2O)C(O)C(O)C1O. The Hall–Kier alpha value is -0.360. The number of aliphatic hydroxyl groups excluding tert-OH is 6. The highest BCUT2D eigenvalue weighted by atomic mass is 16.8. The molecule has 0 amide bonds. The van der Waals surface area contributed by atoms with Crippen LogP contribution >= 0.6 is 0 Å². The molecule has 10 unspecified atom stereocenters. The van der Waals surface area contributed by atoms with Crippen molar-refractivity contribution < 1.29 is 44.8 Å².